The molecule has 1 aromatic heterocycles. The number of halogens is 1. The molecule has 0 saturated heterocycles. The van der Waals surface area contributed by atoms with E-state index in [0.717, 1.165) is 21.5 Å². The van der Waals surface area contributed by atoms with Crippen LogP contribution in [0.3, 0.4) is 0 Å². The van der Waals surface area contributed by atoms with Gasteiger partial charge in [-0.15, -0.1) is 0 Å². The number of thiocarbonyl (C=S) groups is 1. The maximum Gasteiger partial charge on any atom is 0.230 e. The van der Waals surface area contributed by atoms with Crippen LogP contribution in [0.5, 0.6) is 5.75 Å². The molecule has 0 saturated carbocycles. The van der Waals surface area contributed by atoms with Gasteiger partial charge in [0.2, 0.25) is 5.91 Å². The number of anilines is 1. The standard InChI is InChI=1S/C17H14ClN3O2S2/c1-23-12-6-7-13-14(9-12)25-17(19-13)21-16(24)20-15(22)8-10-2-4-11(18)5-3-10/h2-7,9H,8H2,1H3,(H2,19,20,21,22,24). The van der Waals surface area contributed by atoms with E-state index in [-0.39, 0.29) is 17.4 Å². The molecule has 0 unspecified atom stereocenters. The Balaban J connectivity index is 1.60. The van der Waals surface area contributed by atoms with Crippen LogP contribution in [0.25, 0.3) is 10.2 Å². The normalized spacial score (nSPS) is 10.5. The van der Waals surface area contributed by atoms with Gasteiger partial charge in [-0.05, 0) is 48.1 Å². The lowest BCUT2D eigenvalue weighted by Gasteiger charge is -2.07. The second-order valence-electron chi connectivity index (χ2n) is 5.16. The minimum atomic E-state index is -0.206. The Labute approximate surface area is 159 Å². The lowest BCUT2D eigenvalue weighted by molar-refractivity contribution is -0.119. The summed E-state index contributed by atoms with van der Waals surface area (Å²) in [7, 11) is 1.62. The van der Waals surface area contributed by atoms with E-state index >= 15 is 0 Å². The van der Waals surface area contributed by atoms with Crippen LogP contribution in [0.4, 0.5) is 5.13 Å². The van der Waals surface area contributed by atoms with Gasteiger partial charge >= 0.3 is 0 Å². The predicted octanol–water partition coefficient (Wildman–Crippen LogP) is 4.01. The first-order valence-electron chi connectivity index (χ1n) is 7.33. The number of carbonyl (C=O) groups excluding carboxylic acids is 1. The topological polar surface area (TPSA) is 63.2 Å². The summed E-state index contributed by atoms with van der Waals surface area (Å²) in [5.41, 5.74) is 1.69. The number of methoxy groups -OCH3 is 1. The molecular weight excluding hydrogens is 378 g/mol. The highest BCUT2D eigenvalue weighted by molar-refractivity contribution is 7.80. The van der Waals surface area contributed by atoms with Crippen LogP contribution in [0.1, 0.15) is 5.56 Å². The molecule has 2 N–H and O–H groups in total. The lowest BCUT2D eigenvalue weighted by Crippen LogP contribution is -2.35. The van der Waals surface area contributed by atoms with Gasteiger partial charge in [-0.3, -0.25) is 4.79 Å². The minimum absolute atomic E-state index is 0.206. The molecule has 2 aromatic carbocycles. The second-order valence-corrected chi connectivity index (χ2v) is 7.03. The van der Waals surface area contributed by atoms with Gasteiger partial charge in [0.25, 0.3) is 0 Å². The first-order chi connectivity index (χ1) is 12.0. The van der Waals surface area contributed by atoms with Gasteiger partial charge in [0.15, 0.2) is 10.2 Å². The number of fused-ring (bicyclic) bond motifs is 1. The van der Waals surface area contributed by atoms with Crippen molar-refractivity contribution in [3.8, 4) is 5.75 Å². The van der Waals surface area contributed by atoms with Crippen LogP contribution in [-0.2, 0) is 11.2 Å². The molecule has 3 rings (SSSR count). The van der Waals surface area contributed by atoms with E-state index in [1.54, 1.807) is 31.4 Å². The quantitative estimate of drug-likeness (QED) is 0.658. The zero-order valence-electron chi connectivity index (χ0n) is 13.2. The molecule has 0 aliphatic rings. The first-order valence-corrected chi connectivity index (χ1v) is 8.93. The Hall–Kier alpha value is -2.22. The fourth-order valence-corrected chi connectivity index (χ4v) is 3.47. The average molecular weight is 392 g/mol. The molecule has 3 aromatic rings. The fraction of sp³-hybridized carbons (Fsp3) is 0.118. The van der Waals surface area contributed by atoms with E-state index < -0.39 is 0 Å². The molecule has 1 amide bonds. The number of aromatic nitrogens is 1. The average Bonchev–Trinajstić information content (AvgIpc) is 2.97. The molecule has 0 aliphatic carbocycles. The number of benzene rings is 2. The zero-order chi connectivity index (χ0) is 17.8. The van der Waals surface area contributed by atoms with Gasteiger partial charge in [0.1, 0.15) is 5.75 Å². The van der Waals surface area contributed by atoms with Gasteiger partial charge < -0.3 is 15.4 Å². The van der Waals surface area contributed by atoms with E-state index in [9.17, 15) is 4.79 Å². The third-order valence-corrected chi connectivity index (χ3v) is 4.74. The van der Waals surface area contributed by atoms with Gasteiger partial charge in [-0.2, -0.15) is 0 Å². The van der Waals surface area contributed by atoms with Crippen molar-refractivity contribution in [2.75, 3.05) is 12.4 Å². The number of ether oxygens (including phenoxy) is 1. The summed E-state index contributed by atoms with van der Waals surface area (Å²) < 4.78 is 6.17. The third-order valence-electron chi connectivity index (χ3n) is 3.35. The number of carbonyl (C=O) groups is 1. The van der Waals surface area contributed by atoms with E-state index in [4.69, 9.17) is 28.6 Å². The van der Waals surface area contributed by atoms with E-state index in [1.165, 1.54) is 11.3 Å². The van der Waals surface area contributed by atoms with Crippen LogP contribution < -0.4 is 15.4 Å². The zero-order valence-corrected chi connectivity index (χ0v) is 15.6. The van der Waals surface area contributed by atoms with Crippen molar-refractivity contribution in [1.82, 2.24) is 10.3 Å². The predicted molar refractivity (Wildman–Crippen MR) is 106 cm³/mol. The van der Waals surface area contributed by atoms with E-state index in [0.29, 0.717) is 10.2 Å². The van der Waals surface area contributed by atoms with Gasteiger partial charge in [-0.25, -0.2) is 4.98 Å². The van der Waals surface area contributed by atoms with Crippen LogP contribution >= 0.6 is 35.2 Å². The molecular formula is C17H14ClN3O2S2. The van der Waals surface area contributed by atoms with E-state index in [1.807, 2.05) is 18.2 Å². The number of hydrogen-bond donors (Lipinski definition) is 2. The Morgan fingerprint density at radius 2 is 2.04 bits per heavy atom. The van der Waals surface area contributed by atoms with Crippen molar-refractivity contribution in [2.24, 2.45) is 0 Å². The summed E-state index contributed by atoms with van der Waals surface area (Å²) in [5.74, 6) is 0.559. The number of rotatable bonds is 4. The smallest absolute Gasteiger partial charge is 0.230 e. The molecule has 8 heteroatoms. The van der Waals surface area contributed by atoms with Gasteiger partial charge in [0, 0.05) is 5.02 Å². The number of thiazole rings is 1. The van der Waals surface area contributed by atoms with Crippen LogP contribution in [0.2, 0.25) is 5.02 Å². The third kappa shape index (κ3) is 4.66. The number of hydrogen-bond acceptors (Lipinski definition) is 5. The molecule has 1 heterocycles. The first kappa shape index (κ1) is 17.6. The van der Waals surface area contributed by atoms with Crippen molar-refractivity contribution in [2.45, 2.75) is 6.42 Å². The summed E-state index contributed by atoms with van der Waals surface area (Å²) in [6.45, 7) is 0. The molecule has 0 radical (unpaired) electrons. The molecule has 25 heavy (non-hydrogen) atoms. The number of nitrogens with zero attached hydrogens (tertiary/aromatic N) is 1. The van der Waals surface area contributed by atoms with Gasteiger partial charge in [-0.1, -0.05) is 35.1 Å². The number of nitrogens with one attached hydrogen (secondary N) is 2. The Morgan fingerprint density at radius 3 is 2.76 bits per heavy atom. The Morgan fingerprint density at radius 1 is 1.28 bits per heavy atom. The van der Waals surface area contributed by atoms with Gasteiger partial charge in [0.05, 0.1) is 23.7 Å². The molecule has 0 bridgehead atoms. The maximum atomic E-state index is 12.0. The molecule has 5 nitrogen and oxygen atoms in total. The van der Waals surface area contributed by atoms with E-state index in [2.05, 4.69) is 15.6 Å². The lowest BCUT2D eigenvalue weighted by atomic mass is 10.1. The highest BCUT2D eigenvalue weighted by Crippen LogP contribution is 2.29. The van der Waals surface area contributed by atoms with Crippen molar-refractivity contribution < 1.29 is 9.53 Å². The molecule has 0 spiro atoms. The Kier molecular flexibility index (Phi) is 5.47. The summed E-state index contributed by atoms with van der Waals surface area (Å²) in [5, 5.41) is 7.05. The largest absolute Gasteiger partial charge is 0.497 e. The fourth-order valence-electron chi connectivity index (χ4n) is 2.17. The summed E-state index contributed by atoms with van der Waals surface area (Å²) in [4.78, 5) is 16.5. The van der Waals surface area contributed by atoms with Crippen molar-refractivity contribution in [1.29, 1.82) is 0 Å². The van der Waals surface area contributed by atoms with Crippen molar-refractivity contribution in [3.63, 3.8) is 0 Å². The number of amides is 1. The molecule has 0 atom stereocenters. The molecule has 0 aliphatic heterocycles. The Bertz CT molecular complexity index is 925. The minimum Gasteiger partial charge on any atom is -0.497 e. The van der Waals surface area contributed by atoms with Crippen LogP contribution in [0.15, 0.2) is 42.5 Å². The highest BCUT2D eigenvalue weighted by Gasteiger charge is 2.09. The van der Waals surface area contributed by atoms with Crippen LogP contribution in [-0.4, -0.2) is 23.1 Å². The highest BCUT2D eigenvalue weighted by atomic mass is 35.5. The summed E-state index contributed by atoms with van der Waals surface area (Å²) >= 11 is 12.4. The molecule has 128 valence electrons. The molecule has 0 fully saturated rings. The van der Waals surface area contributed by atoms with Crippen molar-refractivity contribution in [3.05, 3.63) is 53.1 Å². The van der Waals surface area contributed by atoms with Crippen molar-refractivity contribution >= 4 is 61.5 Å². The summed E-state index contributed by atoms with van der Waals surface area (Å²) in [6.07, 6.45) is 0.218. The van der Waals surface area contributed by atoms with Crippen LogP contribution in [0, 0.1) is 0 Å². The monoisotopic (exact) mass is 391 g/mol. The second kappa shape index (κ2) is 7.77. The summed E-state index contributed by atoms with van der Waals surface area (Å²) in [6, 6.07) is 12.7. The maximum absolute atomic E-state index is 12.0. The SMILES string of the molecule is COc1ccc2nc(NC(=S)NC(=O)Cc3ccc(Cl)cc3)sc2c1.